The van der Waals surface area contributed by atoms with Gasteiger partial charge in [0.05, 0.1) is 6.20 Å². The van der Waals surface area contributed by atoms with Crippen molar-refractivity contribution >= 4 is 5.82 Å². The number of aromatic nitrogens is 4. The highest BCUT2D eigenvalue weighted by Gasteiger charge is 2.26. The smallest absolute Gasteiger partial charge is 0.182 e. The van der Waals surface area contributed by atoms with Crippen LogP contribution in [-0.2, 0) is 0 Å². The van der Waals surface area contributed by atoms with Crippen LogP contribution in [0.15, 0.2) is 24.7 Å². The lowest BCUT2D eigenvalue weighted by Gasteiger charge is -2.07. The van der Waals surface area contributed by atoms with Gasteiger partial charge in [-0.15, -0.1) is 0 Å². The summed E-state index contributed by atoms with van der Waals surface area (Å²) < 4.78 is 0. The van der Waals surface area contributed by atoms with E-state index in [1.165, 1.54) is 12.8 Å². The standard InChI is InChI=1S/C13H15N5/c1-2-15-12-7-10(9-3-4-9)17-13(18-12)11-8-14-5-6-16-11/h5-9H,2-4H2,1H3,(H,15,17,18). The highest BCUT2D eigenvalue weighted by molar-refractivity contribution is 5.52. The van der Waals surface area contributed by atoms with E-state index in [1.807, 2.05) is 6.07 Å². The minimum atomic E-state index is 0.598. The Morgan fingerprint density at radius 1 is 1.28 bits per heavy atom. The molecule has 0 spiro atoms. The Morgan fingerprint density at radius 3 is 2.83 bits per heavy atom. The molecule has 0 atom stereocenters. The molecule has 5 heteroatoms. The molecule has 0 saturated heterocycles. The van der Waals surface area contributed by atoms with Crippen LogP contribution in [0.3, 0.4) is 0 Å². The van der Waals surface area contributed by atoms with E-state index in [-0.39, 0.29) is 0 Å². The van der Waals surface area contributed by atoms with Gasteiger partial charge in [0.15, 0.2) is 5.82 Å². The maximum absolute atomic E-state index is 4.59. The van der Waals surface area contributed by atoms with E-state index in [0.717, 1.165) is 23.8 Å². The van der Waals surface area contributed by atoms with Gasteiger partial charge < -0.3 is 5.32 Å². The van der Waals surface area contributed by atoms with Gasteiger partial charge in [0, 0.05) is 36.6 Å². The summed E-state index contributed by atoms with van der Waals surface area (Å²) in [5, 5.41) is 3.24. The Bertz CT molecular complexity index is 536. The number of rotatable bonds is 4. The lowest BCUT2D eigenvalue weighted by molar-refractivity contribution is 0.979. The monoisotopic (exact) mass is 241 g/mol. The van der Waals surface area contributed by atoms with Crippen molar-refractivity contribution in [3.63, 3.8) is 0 Å². The molecule has 0 aromatic carbocycles. The van der Waals surface area contributed by atoms with Gasteiger partial charge in [-0.2, -0.15) is 0 Å². The molecule has 0 amide bonds. The minimum Gasteiger partial charge on any atom is -0.370 e. The molecule has 2 aromatic heterocycles. The van der Waals surface area contributed by atoms with Crippen molar-refractivity contribution in [3.05, 3.63) is 30.4 Å². The predicted octanol–water partition coefficient (Wildman–Crippen LogP) is 2.24. The molecule has 2 heterocycles. The van der Waals surface area contributed by atoms with E-state index in [9.17, 15) is 0 Å². The zero-order chi connectivity index (χ0) is 12.4. The van der Waals surface area contributed by atoms with Gasteiger partial charge in [-0.05, 0) is 19.8 Å². The summed E-state index contributed by atoms with van der Waals surface area (Å²) in [6, 6.07) is 2.04. The van der Waals surface area contributed by atoms with Crippen LogP contribution in [0, 0.1) is 0 Å². The first-order valence-corrected chi connectivity index (χ1v) is 6.26. The molecule has 0 unspecified atom stereocenters. The van der Waals surface area contributed by atoms with Crippen molar-refractivity contribution in [2.24, 2.45) is 0 Å². The molecule has 3 rings (SSSR count). The van der Waals surface area contributed by atoms with E-state index >= 15 is 0 Å². The van der Waals surface area contributed by atoms with Crippen LogP contribution in [0.25, 0.3) is 11.5 Å². The number of nitrogens with one attached hydrogen (secondary N) is 1. The van der Waals surface area contributed by atoms with E-state index in [2.05, 4.69) is 32.2 Å². The van der Waals surface area contributed by atoms with E-state index in [4.69, 9.17) is 0 Å². The summed E-state index contributed by atoms with van der Waals surface area (Å²) in [6.45, 7) is 2.90. The zero-order valence-corrected chi connectivity index (χ0v) is 10.3. The average molecular weight is 241 g/mol. The Morgan fingerprint density at radius 2 is 2.17 bits per heavy atom. The summed E-state index contributed by atoms with van der Waals surface area (Å²) in [6.07, 6.45) is 7.46. The van der Waals surface area contributed by atoms with Gasteiger partial charge in [-0.3, -0.25) is 4.98 Å². The molecule has 1 fully saturated rings. The van der Waals surface area contributed by atoms with Gasteiger partial charge in [0.2, 0.25) is 0 Å². The van der Waals surface area contributed by atoms with Crippen LogP contribution in [0.5, 0.6) is 0 Å². The second-order valence-electron chi connectivity index (χ2n) is 4.40. The quantitative estimate of drug-likeness (QED) is 0.889. The van der Waals surface area contributed by atoms with Crippen LogP contribution < -0.4 is 5.32 Å². The molecule has 1 N–H and O–H groups in total. The molecule has 5 nitrogen and oxygen atoms in total. The number of hydrogen-bond acceptors (Lipinski definition) is 5. The van der Waals surface area contributed by atoms with Crippen LogP contribution >= 0.6 is 0 Å². The fourth-order valence-electron chi connectivity index (χ4n) is 1.86. The molecule has 1 saturated carbocycles. The predicted molar refractivity (Wildman–Crippen MR) is 69.2 cm³/mol. The summed E-state index contributed by atoms with van der Waals surface area (Å²) >= 11 is 0. The van der Waals surface area contributed by atoms with E-state index < -0.39 is 0 Å². The summed E-state index contributed by atoms with van der Waals surface area (Å²) in [5.41, 5.74) is 1.83. The van der Waals surface area contributed by atoms with Crippen LogP contribution in [0.4, 0.5) is 5.82 Å². The third kappa shape index (κ3) is 2.30. The lowest BCUT2D eigenvalue weighted by atomic mass is 10.2. The fraction of sp³-hybridized carbons (Fsp3) is 0.385. The van der Waals surface area contributed by atoms with E-state index in [1.54, 1.807) is 18.6 Å². The molecule has 0 bridgehead atoms. The molecule has 92 valence electrons. The van der Waals surface area contributed by atoms with E-state index in [0.29, 0.717) is 11.7 Å². The number of nitrogens with zero attached hydrogens (tertiary/aromatic N) is 4. The molecule has 0 radical (unpaired) electrons. The lowest BCUT2D eigenvalue weighted by Crippen LogP contribution is -2.04. The van der Waals surface area contributed by atoms with Crippen LogP contribution in [0.2, 0.25) is 0 Å². The molecule has 2 aromatic rings. The van der Waals surface area contributed by atoms with Gasteiger partial charge in [-0.1, -0.05) is 0 Å². The van der Waals surface area contributed by atoms with Gasteiger partial charge in [-0.25, -0.2) is 15.0 Å². The Hall–Kier alpha value is -2.04. The van der Waals surface area contributed by atoms with Crippen molar-refractivity contribution < 1.29 is 0 Å². The van der Waals surface area contributed by atoms with Gasteiger partial charge >= 0.3 is 0 Å². The first kappa shape index (κ1) is 11.1. The number of anilines is 1. The minimum absolute atomic E-state index is 0.598. The Labute approximate surface area is 106 Å². The largest absolute Gasteiger partial charge is 0.370 e. The topological polar surface area (TPSA) is 63.6 Å². The highest BCUT2D eigenvalue weighted by atomic mass is 15.0. The molecule has 18 heavy (non-hydrogen) atoms. The molecular weight excluding hydrogens is 226 g/mol. The summed E-state index contributed by atoms with van der Waals surface area (Å²) in [5.74, 6) is 2.12. The van der Waals surface area contributed by atoms with Crippen molar-refractivity contribution in [1.82, 2.24) is 19.9 Å². The Balaban J connectivity index is 2.02. The molecular formula is C13H15N5. The van der Waals surface area contributed by atoms with Crippen LogP contribution in [0.1, 0.15) is 31.4 Å². The highest BCUT2D eigenvalue weighted by Crippen LogP contribution is 2.40. The second kappa shape index (κ2) is 4.68. The van der Waals surface area contributed by atoms with Crippen LogP contribution in [-0.4, -0.2) is 26.5 Å². The third-order valence-corrected chi connectivity index (χ3v) is 2.89. The zero-order valence-electron chi connectivity index (χ0n) is 10.3. The second-order valence-corrected chi connectivity index (χ2v) is 4.40. The molecule has 0 aliphatic heterocycles. The van der Waals surface area contributed by atoms with Crippen molar-refractivity contribution in [1.29, 1.82) is 0 Å². The van der Waals surface area contributed by atoms with Gasteiger partial charge in [0.1, 0.15) is 11.5 Å². The van der Waals surface area contributed by atoms with Gasteiger partial charge in [0.25, 0.3) is 0 Å². The molecule has 1 aliphatic carbocycles. The maximum atomic E-state index is 4.59. The summed E-state index contributed by atoms with van der Waals surface area (Å²) in [7, 11) is 0. The fourth-order valence-corrected chi connectivity index (χ4v) is 1.86. The first-order valence-electron chi connectivity index (χ1n) is 6.26. The normalized spacial score (nSPS) is 14.5. The first-order chi connectivity index (χ1) is 8.86. The van der Waals surface area contributed by atoms with Crippen molar-refractivity contribution in [2.75, 3.05) is 11.9 Å². The third-order valence-electron chi connectivity index (χ3n) is 2.89. The SMILES string of the molecule is CCNc1cc(C2CC2)nc(-c2cnccn2)n1. The average Bonchev–Trinajstić information content (AvgIpc) is 3.24. The number of hydrogen-bond donors (Lipinski definition) is 1. The van der Waals surface area contributed by atoms with Crippen molar-refractivity contribution in [2.45, 2.75) is 25.7 Å². The van der Waals surface area contributed by atoms with Crippen molar-refractivity contribution in [3.8, 4) is 11.5 Å². The Kier molecular flexibility index (Phi) is 2.88. The maximum Gasteiger partial charge on any atom is 0.182 e. The summed E-state index contributed by atoms with van der Waals surface area (Å²) in [4.78, 5) is 17.4. The molecule has 1 aliphatic rings.